The van der Waals surface area contributed by atoms with Crippen molar-refractivity contribution in [3.8, 4) is 0 Å². The normalized spacial score (nSPS) is 11.8. The standard InChI is InChI=1S/C17H22F3N3O2/c1-21-16(25)14-7-4-13(5-8-14)6-9-15(24)22-10-3-11-23(2)12-17(18,19)20/h4-9H,3,10-12H2,1-2H3,(H,21,25)(H,22,24)/b9-6+. The zero-order chi connectivity index (χ0) is 18.9. The minimum Gasteiger partial charge on any atom is -0.355 e. The van der Waals surface area contributed by atoms with Gasteiger partial charge >= 0.3 is 6.18 Å². The molecule has 5 nitrogen and oxygen atoms in total. The van der Waals surface area contributed by atoms with Gasteiger partial charge in [0.25, 0.3) is 5.91 Å². The van der Waals surface area contributed by atoms with E-state index in [1.165, 1.54) is 13.1 Å². The molecule has 0 spiro atoms. The predicted molar refractivity (Wildman–Crippen MR) is 90.0 cm³/mol. The Balaban J connectivity index is 2.32. The van der Waals surface area contributed by atoms with Crippen molar-refractivity contribution in [1.29, 1.82) is 0 Å². The first kappa shape index (κ1) is 20.7. The van der Waals surface area contributed by atoms with Crippen LogP contribution in [0.4, 0.5) is 13.2 Å². The number of nitrogens with zero attached hydrogens (tertiary/aromatic N) is 1. The number of alkyl halides is 3. The third kappa shape index (κ3) is 8.90. The summed E-state index contributed by atoms with van der Waals surface area (Å²) in [5.74, 6) is -0.516. The fourth-order valence-electron chi connectivity index (χ4n) is 2.07. The van der Waals surface area contributed by atoms with Crippen molar-refractivity contribution >= 4 is 17.9 Å². The van der Waals surface area contributed by atoms with Crippen LogP contribution >= 0.6 is 0 Å². The first-order chi connectivity index (χ1) is 11.7. The fraction of sp³-hybridized carbons (Fsp3) is 0.412. The Morgan fingerprint density at radius 1 is 1.20 bits per heavy atom. The second-order valence-electron chi connectivity index (χ2n) is 5.53. The average molecular weight is 357 g/mol. The summed E-state index contributed by atoms with van der Waals surface area (Å²) in [5.41, 5.74) is 1.28. The summed E-state index contributed by atoms with van der Waals surface area (Å²) in [6.07, 6.45) is -0.853. The Kier molecular flexibility index (Phi) is 8.13. The SMILES string of the molecule is CNC(=O)c1ccc(/C=C/C(=O)NCCCN(C)CC(F)(F)F)cc1. The number of hydrogen-bond acceptors (Lipinski definition) is 3. The van der Waals surface area contributed by atoms with Gasteiger partial charge in [-0.2, -0.15) is 13.2 Å². The lowest BCUT2D eigenvalue weighted by Gasteiger charge is -2.18. The van der Waals surface area contributed by atoms with E-state index in [1.807, 2.05) is 0 Å². The van der Waals surface area contributed by atoms with E-state index in [1.54, 1.807) is 37.4 Å². The van der Waals surface area contributed by atoms with E-state index in [0.717, 1.165) is 10.5 Å². The van der Waals surface area contributed by atoms with Crippen molar-refractivity contribution in [1.82, 2.24) is 15.5 Å². The summed E-state index contributed by atoms with van der Waals surface area (Å²) < 4.78 is 36.5. The van der Waals surface area contributed by atoms with Crippen molar-refractivity contribution < 1.29 is 22.8 Å². The molecule has 0 unspecified atom stereocenters. The smallest absolute Gasteiger partial charge is 0.355 e. The van der Waals surface area contributed by atoms with E-state index < -0.39 is 12.7 Å². The maximum Gasteiger partial charge on any atom is 0.401 e. The van der Waals surface area contributed by atoms with Gasteiger partial charge in [-0.3, -0.25) is 14.5 Å². The molecule has 2 N–H and O–H groups in total. The van der Waals surface area contributed by atoms with Gasteiger partial charge < -0.3 is 10.6 Å². The lowest BCUT2D eigenvalue weighted by molar-refractivity contribution is -0.143. The molecule has 138 valence electrons. The van der Waals surface area contributed by atoms with Crippen LogP contribution in [0.1, 0.15) is 22.3 Å². The Labute approximate surface area is 144 Å². The molecule has 0 aliphatic rings. The van der Waals surface area contributed by atoms with Gasteiger partial charge in [0.2, 0.25) is 5.91 Å². The number of carbonyl (C=O) groups excluding carboxylic acids is 2. The highest BCUT2D eigenvalue weighted by Gasteiger charge is 2.28. The molecule has 0 radical (unpaired) electrons. The molecule has 1 aromatic carbocycles. The van der Waals surface area contributed by atoms with Crippen LogP contribution in [-0.2, 0) is 4.79 Å². The molecule has 8 heteroatoms. The summed E-state index contributed by atoms with van der Waals surface area (Å²) >= 11 is 0. The maximum absolute atomic E-state index is 12.2. The number of halogens is 3. The largest absolute Gasteiger partial charge is 0.401 e. The van der Waals surface area contributed by atoms with E-state index in [4.69, 9.17) is 0 Å². The number of nitrogens with one attached hydrogen (secondary N) is 2. The van der Waals surface area contributed by atoms with Gasteiger partial charge in [-0.05, 0) is 43.8 Å². The van der Waals surface area contributed by atoms with E-state index in [2.05, 4.69) is 10.6 Å². The molecule has 0 aliphatic carbocycles. The summed E-state index contributed by atoms with van der Waals surface area (Å²) in [4.78, 5) is 24.2. The van der Waals surface area contributed by atoms with Crippen LogP contribution in [0.3, 0.4) is 0 Å². The van der Waals surface area contributed by atoms with Crippen LogP contribution in [0.2, 0.25) is 0 Å². The van der Waals surface area contributed by atoms with Crippen LogP contribution in [0.25, 0.3) is 6.08 Å². The number of hydrogen-bond donors (Lipinski definition) is 2. The molecule has 1 aromatic rings. The Morgan fingerprint density at radius 3 is 2.40 bits per heavy atom. The van der Waals surface area contributed by atoms with Gasteiger partial charge in [0.15, 0.2) is 0 Å². The Morgan fingerprint density at radius 2 is 1.84 bits per heavy atom. The number of benzene rings is 1. The molecular formula is C17H22F3N3O2. The van der Waals surface area contributed by atoms with Gasteiger partial charge in [0.05, 0.1) is 6.54 Å². The van der Waals surface area contributed by atoms with Gasteiger partial charge in [0, 0.05) is 25.2 Å². The summed E-state index contributed by atoms with van der Waals surface area (Å²) in [6, 6.07) is 6.71. The van der Waals surface area contributed by atoms with Crippen molar-refractivity contribution in [2.24, 2.45) is 0 Å². The molecule has 1 rings (SSSR count). The van der Waals surface area contributed by atoms with Crippen molar-refractivity contribution in [3.05, 3.63) is 41.5 Å². The zero-order valence-corrected chi connectivity index (χ0v) is 14.2. The quantitative estimate of drug-likeness (QED) is 0.553. The second kappa shape index (κ2) is 9.83. The lowest BCUT2D eigenvalue weighted by atomic mass is 10.1. The lowest BCUT2D eigenvalue weighted by Crippen LogP contribution is -2.33. The molecule has 25 heavy (non-hydrogen) atoms. The molecule has 0 atom stereocenters. The zero-order valence-electron chi connectivity index (χ0n) is 14.2. The van der Waals surface area contributed by atoms with Crippen LogP contribution in [-0.4, -0.2) is 56.6 Å². The summed E-state index contributed by atoms with van der Waals surface area (Å²) in [7, 11) is 2.93. The van der Waals surface area contributed by atoms with Gasteiger partial charge in [-0.15, -0.1) is 0 Å². The summed E-state index contributed by atoms with van der Waals surface area (Å²) in [6.45, 7) is -0.432. The second-order valence-corrected chi connectivity index (χ2v) is 5.53. The molecule has 0 aliphatic heterocycles. The third-order valence-electron chi connectivity index (χ3n) is 3.29. The highest BCUT2D eigenvalue weighted by Crippen LogP contribution is 2.15. The summed E-state index contributed by atoms with van der Waals surface area (Å²) in [5, 5.41) is 5.13. The van der Waals surface area contributed by atoms with E-state index in [-0.39, 0.29) is 18.4 Å². The van der Waals surface area contributed by atoms with Gasteiger partial charge in [-0.25, -0.2) is 0 Å². The van der Waals surface area contributed by atoms with E-state index in [0.29, 0.717) is 18.5 Å². The van der Waals surface area contributed by atoms with Crippen LogP contribution in [0, 0.1) is 0 Å². The first-order valence-corrected chi connectivity index (χ1v) is 7.74. The van der Waals surface area contributed by atoms with Crippen molar-refractivity contribution in [3.63, 3.8) is 0 Å². The predicted octanol–water partition coefficient (Wildman–Crippen LogP) is 2.06. The van der Waals surface area contributed by atoms with E-state index in [9.17, 15) is 22.8 Å². The van der Waals surface area contributed by atoms with Crippen LogP contribution in [0.5, 0.6) is 0 Å². The molecule has 0 saturated carbocycles. The minimum atomic E-state index is -4.21. The third-order valence-corrected chi connectivity index (χ3v) is 3.29. The molecule has 0 bridgehead atoms. The Bertz CT molecular complexity index is 598. The highest BCUT2D eigenvalue weighted by atomic mass is 19.4. The number of amides is 2. The van der Waals surface area contributed by atoms with Crippen LogP contribution < -0.4 is 10.6 Å². The average Bonchev–Trinajstić information content (AvgIpc) is 2.55. The first-order valence-electron chi connectivity index (χ1n) is 7.74. The molecule has 0 saturated heterocycles. The molecule has 0 aromatic heterocycles. The Hall–Kier alpha value is -2.35. The topological polar surface area (TPSA) is 61.4 Å². The number of carbonyl (C=O) groups is 2. The molecular weight excluding hydrogens is 335 g/mol. The molecule has 0 heterocycles. The monoisotopic (exact) mass is 357 g/mol. The van der Waals surface area contributed by atoms with Crippen molar-refractivity contribution in [2.45, 2.75) is 12.6 Å². The highest BCUT2D eigenvalue weighted by molar-refractivity contribution is 5.94. The fourth-order valence-corrected chi connectivity index (χ4v) is 2.07. The number of rotatable bonds is 8. The molecule has 0 fully saturated rings. The minimum absolute atomic E-state index is 0.191. The maximum atomic E-state index is 12.2. The molecule has 2 amide bonds. The van der Waals surface area contributed by atoms with Crippen molar-refractivity contribution in [2.75, 3.05) is 33.7 Å². The van der Waals surface area contributed by atoms with E-state index >= 15 is 0 Å². The van der Waals surface area contributed by atoms with Crippen LogP contribution in [0.15, 0.2) is 30.3 Å². The van der Waals surface area contributed by atoms with Gasteiger partial charge in [0.1, 0.15) is 0 Å². The van der Waals surface area contributed by atoms with Gasteiger partial charge in [-0.1, -0.05) is 12.1 Å².